The average Bonchev–Trinajstić information content (AvgIpc) is 2.61. The van der Waals surface area contributed by atoms with Gasteiger partial charge in [-0.3, -0.25) is 0 Å². The van der Waals surface area contributed by atoms with Crippen molar-refractivity contribution in [3.05, 3.63) is 58.2 Å². The molecule has 1 aromatic heterocycles. The van der Waals surface area contributed by atoms with Crippen molar-refractivity contribution in [1.29, 1.82) is 0 Å². The quantitative estimate of drug-likeness (QED) is 0.659. The molecule has 1 aliphatic rings. The first-order chi connectivity index (χ1) is 12.1. The standard InChI is InChI=1S/C19H18Cl2N4/c1-13-9-14(20)11-15(10-13)24-5-7-25(8-6-24)18-12-22-23-19-16(18)3-2-4-17(19)21/h2-4,9-12H,5-8H2,1H3. The fourth-order valence-corrected chi connectivity index (χ4v) is 3.89. The number of hydrogen-bond acceptors (Lipinski definition) is 4. The first-order valence-electron chi connectivity index (χ1n) is 8.29. The first kappa shape index (κ1) is 16.4. The van der Waals surface area contributed by atoms with Crippen LogP contribution < -0.4 is 9.80 Å². The summed E-state index contributed by atoms with van der Waals surface area (Å²) in [5.41, 5.74) is 4.22. The van der Waals surface area contributed by atoms with Crippen molar-refractivity contribution >= 4 is 45.5 Å². The first-order valence-corrected chi connectivity index (χ1v) is 9.04. The molecule has 4 nitrogen and oxygen atoms in total. The van der Waals surface area contributed by atoms with Crippen LogP contribution in [-0.4, -0.2) is 36.4 Å². The number of fused-ring (bicyclic) bond motifs is 1. The Morgan fingerprint density at radius 1 is 0.960 bits per heavy atom. The van der Waals surface area contributed by atoms with E-state index in [0.29, 0.717) is 5.02 Å². The van der Waals surface area contributed by atoms with Crippen molar-refractivity contribution in [2.45, 2.75) is 6.92 Å². The van der Waals surface area contributed by atoms with E-state index in [1.807, 2.05) is 30.5 Å². The summed E-state index contributed by atoms with van der Waals surface area (Å²) in [5, 5.41) is 10.8. The number of nitrogens with zero attached hydrogens (tertiary/aromatic N) is 4. The summed E-state index contributed by atoms with van der Waals surface area (Å²) in [6.45, 7) is 5.77. The maximum absolute atomic E-state index is 6.26. The van der Waals surface area contributed by atoms with E-state index in [9.17, 15) is 0 Å². The molecule has 25 heavy (non-hydrogen) atoms. The van der Waals surface area contributed by atoms with Crippen LogP contribution in [0.5, 0.6) is 0 Å². The molecule has 1 saturated heterocycles. The van der Waals surface area contributed by atoms with E-state index in [2.05, 4.69) is 39.1 Å². The van der Waals surface area contributed by atoms with Gasteiger partial charge in [0.2, 0.25) is 0 Å². The number of halogens is 2. The minimum absolute atomic E-state index is 0.639. The van der Waals surface area contributed by atoms with Crippen LogP contribution in [0.2, 0.25) is 10.0 Å². The SMILES string of the molecule is Cc1cc(Cl)cc(N2CCN(c3cnnc4c(Cl)cccc34)CC2)c1. The molecule has 4 rings (SSSR count). The summed E-state index contributed by atoms with van der Waals surface area (Å²) in [4.78, 5) is 4.72. The molecule has 0 aliphatic carbocycles. The van der Waals surface area contributed by atoms with E-state index in [1.54, 1.807) is 0 Å². The van der Waals surface area contributed by atoms with Crippen LogP contribution in [0.25, 0.3) is 10.9 Å². The molecule has 2 heterocycles. The largest absolute Gasteiger partial charge is 0.368 e. The van der Waals surface area contributed by atoms with Gasteiger partial charge >= 0.3 is 0 Å². The van der Waals surface area contributed by atoms with Gasteiger partial charge in [-0.1, -0.05) is 35.3 Å². The third-order valence-electron chi connectivity index (χ3n) is 4.61. The molecule has 2 aromatic carbocycles. The Morgan fingerprint density at radius 2 is 1.72 bits per heavy atom. The lowest BCUT2D eigenvalue weighted by molar-refractivity contribution is 0.653. The number of rotatable bonds is 2. The van der Waals surface area contributed by atoms with E-state index >= 15 is 0 Å². The van der Waals surface area contributed by atoms with Gasteiger partial charge in [0.05, 0.1) is 16.9 Å². The molecule has 0 saturated carbocycles. The summed E-state index contributed by atoms with van der Waals surface area (Å²) in [6, 6.07) is 12.1. The number of aryl methyl sites for hydroxylation is 1. The maximum Gasteiger partial charge on any atom is 0.114 e. The smallest absolute Gasteiger partial charge is 0.114 e. The van der Waals surface area contributed by atoms with E-state index in [-0.39, 0.29) is 0 Å². The van der Waals surface area contributed by atoms with Crippen molar-refractivity contribution in [2.75, 3.05) is 36.0 Å². The minimum atomic E-state index is 0.639. The summed E-state index contributed by atoms with van der Waals surface area (Å²) in [6.07, 6.45) is 1.83. The van der Waals surface area contributed by atoms with Crippen molar-refractivity contribution in [3.63, 3.8) is 0 Å². The molecule has 0 amide bonds. The van der Waals surface area contributed by atoms with Crippen LogP contribution in [0.3, 0.4) is 0 Å². The molecule has 128 valence electrons. The van der Waals surface area contributed by atoms with Gasteiger partial charge in [0.25, 0.3) is 0 Å². The highest BCUT2D eigenvalue weighted by Gasteiger charge is 2.20. The number of aromatic nitrogens is 2. The van der Waals surface area contributed by atoms with Crippen LogP contribution in [0.1, 0.15) is 5.56 Å². The molecule has 0 bridgehead atoms. The number of anilines is 2. The Balaban J connectivity index is 1.57. The summed E-state index contributed by atoms with van der Waals surface area (Å²) >= 11 is 12.5. The number of piperazine rings is 1. The minimum Gasteiger partial charge on any atom is -0.368 e. The predicted molar refractivity (Wildman–Crippen MR) is 105 cm³/mol. The Morgan fingerprint density at radius 3 is 2.48 bits per heavy atom. The molecule has 0 unspecified atom stereocenters. The zero-order valence-electron chi connectivity index (χ0n) is 13.9. The third kappa shape index (κ3) is 3.24. The second-order valence-corrected chi connectivity index (χ2v) is 7.17. The Bertz CT molecular complexity index is 900. The molecule has 1 aliphatic heterocycles. The Labute approximate surface area is 157 Å². The van der Waals surface area contributed by atoms with Gasteiger partial charge in [0.15, 0.2) is 0 Å². The van der Waals surface area contributed by atoms with Crippen molar-refractivity contribution in [1.82, 2.24) is 10.2 Å². The topological polar surface area (TPSA) is 32.3 Å². The van der Waals surface area contributed by atoms with E-state index in [1.165, 1.54) is 11.3 Å². The molecule has 0 radical (unpaired) electrons. The number of benzene rings is 2. The van der Waals surface area contributed by atoms with Crippen LogP contribution >= 0.6 is 23.2 Å². The molecular weight excluding hydrogens is 355 g/mol. The summed E-state index contributed by atoms with van der Waals surface area (Å²) in [7, 11) is 0. The highest BCUT2D eigenvalue weighted by molar-refractivity contribution is 6.35. The summed E-state index contributed by atoms with van der Waals surface area (Å²) in [5.74, 6) is 0. The van der Waals surface area contributed by atoms with Crippen LogP contribution in [0.4, 0.5) is 11.4 Å². The van der Waals surface area contributed by atoms with Gasteiger partial charge in [-0.2, -0.15) is 5.10 Å². The molecule has 1 fully saturated rings. The fraction of sp³-hybridized carbons (Fsp3) is 0.263. The molecule has 6 heteroatoms. The van der Waals surface area contributed by atoms with E-state index in [4.69, 9.17) is 23.2 Å². The molecule has 0 N–H and O–H groups in total. The maximum atomic E-state index is 6.26. The Hall–Kier alpha value is -2.04. The zero-order valence-corrected chi connectivity index (χ0v) is 15.4. The average molecular weight is 373 g/mol. The molecule has 0 spiro atoms. The second-order valence-electron chi connectivity index (χ2n) is 6.33. The van der Waals surface area contributed by atoms with Crippen molar-refractivity contribution in [2.24, 2.45) is 0 Å². The van der Waals surface area contributed by atoms with E-state index < -0.39 is 0 Å². The molecule has 3 aromatic rings. The van der Waals surface area contributed by atoms with Gasteiger partial charge < -0.3 is 9.80 Å². The van der Waals surface area contributed by atoms with Crippen LogP contribution in [0, 0.1) is 6.92 Å². The lowest BCUT2D eigenvalue weighted by atomic mass is 10.1. The third-order valence-corrected chi connectivity index (χ3v) is 5.14. The predicted octanol–water partition coefficient (Wildman–Crippen LogP) is 4.57. The molecular formula is C19H18Cl2N4. The molecule has 0 atom stereocenters. The second kappa shape index (κ2) is 6.70. The number of hydrogen-bond donors (Lipinski definition) is 0. The Kier molecular flexibility index (Phi) is 4.40. The van der Waals surface area contributed by atoms with Crippen molar-refractivity contribution in [3.8, 4) is 0 Å². The van der Waals surface area contributed by atoms with Crippen LogP contribution in [0.15, 0.2) is 42.6 Å². The van der Waals surface area contributed by atoms with Crippen molar-refractivity contribution < 1.29 is 0 Å². The zero-order chi connectivity index (χ0) is 17.4. The highest BCUT2D eigenvalue weighted by atomic mass is 35.5. The lowest BCUT2D eigenvalue weighted by Crippen LogP contribution is -2.46. The lowest BCUT2D eigenvalue weighted by Gasteiger charge is -2.37. The van der Waals surface area contributed by atoms with Crippen LogP contribution in [-0.2, 0) is 0 Å². The van der Waals surface area contributed by atoms with Gasteiger partial charge in [-0.05, 0) is 36.8 Å². The van der Waals surface area contributed by atoms with Gasteiger partial charge in [0, 0.05) is 42.3 Å². The normalized spacial score (nSPS) is 15.0. The highest BCUT2D eigenvalue weighted by Crippen LogP contribution is 2.30. The van der Waals surface area contributed by atoms with Gasteiger partial charge in [0.1, 0.15) is 5.52 Å². The monoisotopic (exact) mass is 372 g/mol. The summed E-state index contributed by atoms with van der Waals surface area (Å²) < 4.78 is 0. The van der Waals surface area contributed by atoms with E-state index in [0.717, 1.165) is 47.8 Å². The fourth-order valence-electron chi connectivity index (χ4n) is 3.39. The van der Waals surface area contributed by atoms with Gasteiger partial charge in [-0.15, -0.1) is 5.10 Å². The van der Waals surface area contributed by atoms with Gasteiger partial charge in [-0.25, -0.2) is 0 Å².